The SMILES string of the molecule is CNCCCC(=O)Nc1ccc(C)c(Oc2ccnc(C(=O)NC)c2)c1. The second kappa shape index (κ2) is 9.53. The van der Waals surface area contributed by atoms with Crippen molar-refractivity contribution in [3.63, 3.8) is 0 Å². The Balaban J connectivity index is 2.10. The monoisotopic (exact) mass is 356 g/mol. The molecule has 0 radical (unpaired) electrons. The zero-order chi connectivity index (χ0) is 18.9. The van der Waals surface area contributed by atoms with Gasteiger partial charge in [-0.15, -0.1) is 0 Å². The largest absolute Gasteiger partial charge is 0.457 e. The molecule has 2 amide bonds. The molecule has 1 aromatic heterocycles. The van der Waals surface area contributed by atoms with Gasteiger partial charge in [0.25, 0.3) is 5.91 Å². The number of rotatable bonds is 8. The van der Waals surface area contributed by atoms with E-state index >= 15 is 0 Å². The summed E-state index contributed by atoms with van der Waals surface area (Å²) in [6.45, 7) is 2.71. The molecule has 0 atom stereocenters. The average molecular weight is 356 g/mol. The summed E-state index contributed by atoms with van der Waals surface area (Å²) < 4.78 is 5.88. The van der Waals surface area contributed by atoms with Gasteiger partial charge in [-0.1, -0.05) is 6.07 Å². The number of hydrogen-bond donors (Lipinski definition) is 3. The fourth-order valence-electron chi connectivity index (χ4n) is 2.29. The Kier molecular flexibility index (Phi) is 7.11. The van der Waals surface area contributed by atoms with Gasteiger partial charge in [-0.3, -0.25) is 14.6 Å². The van der Waals surface area contributed by atoms with Crippen molar-refractivity contribution in [2.24, 2.45) is 0 Å². The third kappa shape index (κ3) is 5.56. The molecule has 0 aliphatic heterocycles. The number of anilines is 1. The van der Waals surface area contributed by atoms with Gasteiger partial charge in [0.05, 0.1) is 0 Å². The van der Waals surface area contributed by atoms with Gasteiger partial charge in [-0.05, 0) is 44.6 Å². The summed E-state index contributed by atoms with van der Waals surface area (Å²) in [6, 6.07) is 8.72. The van der Waals surface area contributed by atoms with Crippen LogP contribution in [0, 0.1) is 6.92 Å². The van der Waals surface area contributed by atoms with Crippen LogP contribution in [0.3, 0.4) is 0 Å². The van der Waals surface area contributed by atoms with Crippen LogP contribution in [0.15, 0.2) is 36.5 Å². The van der Waals surface area contributed by atoms with Gasteiger partial charge in [0, 0.05) is 37.5 Å². The van der Waals surface area contributed by atoms with Crippen molar-refractivity contribution in [1.29, 1.82) is 0 Å². The van der Waals surface area contributed by atoms with E-state index in [2.05, 4.69) is 20.9 Å². The van der Waals surface area contributed by atoms with Gasteiger partial charge in [0.2, 0.25) is 5.91 Å². The number of hydrogen-bond acceptors (Lipinski definition) is 5. The third-order valence-corrected chi connectivity index (χ3v) is 3.72. The molecule has 2 aromatic rings. The number of nitrogens with zero attached hydrogens (tertiary/aromatic N) is 1. The topological polar surface area (TPSA) is 92.3 Å². The lowest BCUT2D eigenvalue weighted by Gasteiger charge is -2.12. The van der Waals surface area contributed by atoms with Crippen LogP contribution in [0.1, 0.15) is 28.9 Å². The number of nitrogens with one attached hydrogen (secondary N) is 3. The lowest BCUT2D eigenvalue weighted by atomic mass is 10.2. The molecule has 0 saturated heterocycles. The van der Waals surface area contributed by atoms with E-state index in [0.717, 1.165) is 18.5 Å². The highest BCUT2D eigenvalue weighted by Crippen LogP contribution is 2.28. The summed E-state index contributed by atoms with van der Waals surface area (Å²) in [5.74, 6) is 0.780. The van der Waals surface area contributed by atoms with E-state index in [1.165, 1.54) is 6.20 Å². The van der Waals surface area contributed by atoms with Gasteiger partial charge in [0.1, 0.15) is 17.2 Å². The van der Waals surface area contributed by atoms with Crippen LogP contribution in [-0.2, 0) is 4.79 Å². The van der Waals surface area contributed by atoms with Crippen molar-refractivity contribution in [2.75, 3.05) is 26.0 Å². The number of aromatic nitrogens is 1. The van der Waals surface area contributed by atoms with E-state index < -0.39 is 0 Å². The molecular weight excluding hydrogens is 332 g/mol. The van der Waals surface area contributed by atoms with Crippen LogP contribution in [0.25, 0.3) is 0 Å². The first-order valence-corrected chi connectivity index (χ1v) is 8.44. The maximum atomic E-state index is 12.0. The minimum absolute atomic E-state index is 0.0409. The Bertz CT molecular complexity index is 777. The molecule has 0 saturated carbocycles. The summed E-state index contributed by atoms with van der Waals surface area (Å²) in [5.41, 5.74) is 1.86. The molecule has 3 N–H and O–H groups in total. The van der Waals surface area contributed by atoms with Crippen LogP contribution in [0.2, 0.25) is 0 Å². The molecule has 2 rings (SSSR count). The van der Waals surface area contributed by atoms with E-state index in [4.69, 9.17) is 4.74 Å². The number of benzene rings is 1. The maximum Gasteiger partial charge on any atom is 0.269 e. The molecule has 0 bridgehead atoms. The van der Waals surface area contributed by atoms with E-state index in [1.807, 2.05) is 26.1 Å². The quantitative estimate of drug-likeness (QED) is 0.632. The van der Waals surface area contributed by atoms with Gasteiger partial charge in [-0.25, -0.2) is 0 Å². The molecule has 1 aromatic carbocycles. The molecule has 0 fully saturated rings. The third-order valence-electron chi connectivity index (χ3n) is 3.72. The highest BCUT2D eigenvalue weighted by Gasteiger charge is 2.09. The van der Waals surface area contributed by atoms with Crippen LogP contribution in [0.4, 0.5) is 5.69 Å². The van der Waals surface area contributed by atoms with E-state index in [1.54, 1.807) is 25.2 Å². The van der Waals surface area contributed by atoms with E-state index in [-0.39, 0.29) is 17.5 Å². The van der Waals surface area contributed by atoms with Crippen molar-refractivity contribution in [1.82, 2.24) is 15.6 Å². The fourth-order valence-corrected chi connectivity index (χ4v) is 2.29. The summed E-state index contributed by atoms with van der Waals surface area (Å²) in [4.78, 5) is 27.7. The summed E-state index contributed by atoms with van der Waals surface area (Å²) in [5, 5.41) is 8.41. The first-order chi connectivity index (χ1) is 12.5. The molecule has 26 heavy (non-hydrogen) atoms. The molecular formula is C19H24N4O3. The molecule has 1 heterocycles. The molecule has 0 spiro atoms. The highest BCUT2D eigenvalue weighted by atomic mass is 16.5. The Morgan fingerprint density at radius 1 is 1.15 bits per heavy atom. The molecule has 0 aliphatic carbocycles. The number of carbonyl (C=O) groups excluding carboxylic acids is 2. The first kappa shape index (κ1) is 19.4. The maximum absolute atomic E-state index is 12.0. The van der Waals surface area contributed by atoms with Crippen LogP contribution in [-0.4, -0.2) is 37.4 Å². The fraction of sp³-hybridized carbons (Fsp3) is 0.316. The predicted octanol–water partition coefficient (Wildman–Crippen LogP) is 2.48. The minimum atomic E-state index is -0.283. The molecule has 7 nitrogen and oxygen atoms in total. The Morgan fingerprint density at radius 3 is 2.69 bits per heavy atom. The summed E-state index contributed by atoms with van der Waals surface area (Å²) in [6.07, 6.45) is 2.74. The van der Waals surface area contributed by atoms with Crippen LogP contribution in [0.5, 0.6) is 11.5 Å². The van der Waals surface area contributed by atoms with Crippen LogP contribution < -0.4 is 20.7 Å². The predicted molar refractivity (Wildman–Crippen MR) is 101 cm³/mol. The zero-order valence-corrected chi connectivity index (χ0v) is 15.3. The number of pyridine rings is 1. The van der Waals surface area contributed by atoms with Crippen molar-refractivity contribution in [3.05, 3.63) is 47.8 Å². The number of amides is 2. The molecule has 0 unspecified atom stereocenters. The van der Waals surface area contributed by atoms with Crippen molar-refractivity contribution >= 4 is 17.5 Å². The van der Waals surface area contributed by atoms with Gasteiger partial charge in [0.15, 0.2) is 0 Å². The van der Waals surface area contributed by atoms with Crippen molar-refractivity contribution in [2.45, 2.75) is 19.8 Å². The standard InChI is InChI=1S/C19H24N4O3/c1-13-6-7-14(23-18(24)5-4-9-20-2)11-17(13)26-15-8-10-22-16(12-15)19(25)21-3/h6-8,10-12,20H,4-5,9H2,1-3H3,(H,21,25)(H,23,24). The summed E-state index contributed by atoms with van der Waals surface area (Å²) >= 11 is 0. The lowest BCUT2D eigenvalue weighted by molar-refractivity contribution is -0.116. The Morgan fingerprint density at radius 2 is 1.96 bits per heavy atom. The van der Waals surface area contributed by atoms with Gasteiger partial charge < -0.3 is 20.7 Å². The molecule has 138 valence electrons. The Hall–Kier alpha value is -2.93. The minimum Gasteiger partial charge on any atom is -0.457 e. The average Bonchev–Trinajstić information content (AvgIpc) is 2.64. The van der Waals surface area contributed by atoms with E-state index in [9.17, 15) is 9.59 Å². The zero-order valence-electron chi connectivity index (χ0n) is 15.3. The van der Waals surface area contributed by atoms with Crippen molar-refractivity contribution in [3.8, 4) is 11.5 Å². The van der Waals surface area contributed by atoms with Gasteiger partial charge >= 0.3 is 0 Å². The lowest BCUT2D eigenvalue weighted by Crippen LogP contribution is -2.18. The number of carbonyl (C=O) groups is 2. The van der Waals surface area contributed by atoms with Crippen molar-refractivity contribution < 1.29 is 14.3 Å². The second-order valence-corrected chi connectivity index (χ2v) is 5.79. The smallest absolute Gasteiger partial charge is 0.269 e. The van der Waals surface area contributed by atoms with Gasteiger partial charge in [-0.2, -0.15) is 0 Å². The second-order valence-electron chi connectivity index (χ2n) is 5.79. The molecule has 7 heteroatoms. The summed E-state index contributed by atoms with van der Waals surface area (Å²) in [7, 11) is 3.40. The number of ether oxygens (including phenoxy) is 1. The van der Waals surface area contributed by atoms with Crippen LogP contribution >= 0.6 is 0 Å². The normalized spacial score (nSPS) is 10.3. The number of aryl methyl sites for hydroxylation is 1. The van der Waals surface area contributed by atoms with E-state index in [0.29, 0.717) is 23.6 Å². The highest BCUT2D eigenvalue weighted by molar-refractivity contribution is 5.92. The molecule has 0 aliphatic rings. The Labute approximate surface area is 153 Å². The first-order valence-electron chi connectivity index (χ1n) is 8.44.